The molecule has 0 heterocycles. The summed E-state index contributed by atoms with van der Waals surface area (Å²) in [5, 5.41) is 0. The molecule has 2 rings (SSSR count). The molecular formula is C13H14ClNO. The van der Waals surface area contributed by atoms with Gasteiger partial charge in [-0.3, -0.25) is 0 Å². The summed E-state index contributed by atoms with van der Waals surface area (Å²) in [6.07, 6.45) is 0. The third-order valence-corrected chi connectivity index (χ3v) is 2.30. The van der Waals surface area contributed by atoms with Crippen LogP contribution in [0, 0.1) is 6.92 Å². The normalized spacial score (nSPS) is 9.31. The molecule has 0 amide bonds. The van der Waals surface area contributed by atoms with Crippen LogP contribution in [0.1, 0.15) is 5.56 Å². The Kier molecular flexibility index (Phi) is 4.20. The summed E-state index contributed by atoms with van der Waals surface area (Å²) in [6, 6.07) is 15.4. The van der Waals surface area contributed by atoms with Gasteiger partial charge in [-0.2, -0.15) is 0 Å². The Morgan fingerprint density at radius 3 is 2.31 bits per heavy atom. The first-order valence-corrected chi connectivity index (χ1v) is 4.85. The van der Waals surface area contributed by atoms with Gasteiger partial charge in [0.2, 0.25) is 0 Å². The van der Waals surface area contributed by atoms with E-state index >= 15 is 0 Å². The van der Waals surface area contributed by atoms with Crippen molar-refractivity contribution in [2.24, 2.45) is 0 Å². The van der Waals surface area contributed by atoms with E-state index < -0.39 is 0 Å². The van der Waals surface area contributed by atoms with Gasteiger partial charge in [-0.15, -0.1) is 12.4 Å². The maximum Gasteiger partial charge on any atom is 0.132 e. The SMILES string of the molecule is Cc1c(N)cccc1Oc1ccccc1.Cl. The van der Waals surface area contributed by atoms with Gasteiger partial charge in [0.1, 0.15) is 11.5 Å². The molecule has 0 saturated carbocycles. The van der Waals surface area contributed by atoms with Crippen LogP contribution in [0.25, 0.3) is 0 Å². The first kappa shape index (κ1) is 12.4. The Hall–Kier alpha value is -1.67. The largest absolute Gasteiger partial charge is 0.457 e. The number of halogens is 1. The van der Waals surface area contributed by atoms with E-state index in [1.165, 1.54) is 0 Å². The second-order valence-corrected chi connectivity index (χ2v) is 3.39. The van der Waals surface area contributed by atoms with Crippen molar-refractivity contribution in [3.63, 3.8) is 0 Å². The van der Waals surface area contributed by atoms with Gasteiger partial charge in [0.05, 0.1) is 0 Å². The molecule has 2 nitrogen and oxygen atoms in total. The standard InChI is InChI=1S/C13H13NO.ClH/c1-10-12(14)8-5-9-13(10)15-11-6-3-2-4-7-11;/h2-9H,14H2,1H3;1H. The summed E-state index contributed by atoms with van der Waals surface area (Å²) >= 11 is 0. The maximum atomic E-state index is 5.79. The Morgan fingerprint density at radius 2 is 1.62 bits per heavy atom. The average Bonchev–Trinajstić information content (AvgIpc) is 2.26. The van der Waals surface area contributed by atoms with Crippen LogP contribution in [0.5, 0.6) is 11.5 Å². The van der Waals surface area contributed by atoms with E-state index in [9.17, 15) is 0 Å². The van der Waals surface area contributed by atoms with Gasteiger partial charge < -0.3 is 10.5 Å². The number of benzene rings is 2. The van der Waals surface area contributed by atoms with Gasteiger partial charge in [-0.25, -0.2) is 0 Å². The lowest BCUT2D eigenvalue weighted by Crippen LogP contribution is -1.92. The molecule has 0 bridgehead atoms. The van der Waals surface area contributed by atoms with Crippen LogP contribution in [0.4, 0.5) is 5.69 Å². The van der Waals surface area contributed by atoms with Crippen LogP contribution < -0.4 is 10.5 Å². The minimum Gasteiger partial charge on any atom is -0.457 e. The van der Waals surface area contributed by atoms with E-state index in [1.54, 1.807) is 0 Å². The molecule has 0 radical (unpaired) electrons. The number of hydrogen-bond donors (Lipinski definition) is 1. The van der Waals surface area contributed by atoms with Crippen LogP contribution in [0.3, 0.4) is 0 Å². The first-order valence-electron chi connectivity index (χ1n) is 4.85. The van der Waals surface area contributed by atoms with E-state index in [4.69, 9.17) is 10.5 Å². The van der Waals surface area contributed by atoms with Crippen LogP contribution in [-0.2, 0) is 0 Å². The van der Waals surface area contributed by atoms with Crippen molar-refractivity contribution in [1.29, 1.82) is 0 Å². The van der Waals surface area contributed by atoms with Crippen molar-refractivity contribution in [1.82, 2.24) is 0 Å². The second kappa shape index (κ2) is 5.42. The molecule has 0 spiro atoms. The molecule has 0 aliphatic heterocycles. The molecule has 0 atom stereocenters. The van der Waals surface area contributed by atoms with E-state index in [0.717, 1.165) is 22.7 Å². The van der Waals surface area contributed by atoms with Crippen LogP contribution in [0.15, 0.2) is 48.5 Å². The first-order chi connectivity index (χ1) is 7.27. The molecule has 0 aromatic heterocycles. The Labute approximate surface area is 101 Å². The Morgan fingerprint density at radius 1 is 0.938 bits per heavy atom. The third-order valence-electron chi connectivity index (χ3n) is 2.30. The highest BCUT2D eigenvalue weighted by Gasteiger charge is 2.02. The van der Waals surface area contributed by atoms with Crippen molar-refractivity contribution >= 4 is 18.1 Å². The lowest BCUT2D eigenvalue weighted by atomic mass is 10.2. The van der Waals surface area contributed by atoms with E-state index in [-0.39, 0.29) is 12.4 Å². The molecule has 0 unspecified atom stereocenters. The molecule has 2 N–H and O–H groups in total. The third kappa shape index (κ3) is 2.67. The summed E-state index contributed by atoms with van der Waals surface area (Å²) < 4.78 is 5.71. The topological polar surface area (TPSA) is 35.2 Å². The highest BCUT2D eigenvalue weighted by molar-refractivity contribution is 5.85. The van der Waals surface area contributed by atoms with Gasteiger partial charge in [0.15, 0.2) is 0 Å². The molecule has 84 valence electrons. The number of nitrogen functional groups attached to an aromatic ring is 1. The van der Waals surface area contributed by atoms with Crippen LogP contribution >= 0.6 is 12.4 Å². The highest BCUT2D eigenvalue weighted by atomic mass is 35.5. The Balaban J connectivity index is 0.00000128. The molecule has 16 heavy (non-hydrogen) atoms. The fourth-order valence-corrected chi connectivity index (χ4v) is 1.36. The van der Waals surface area contributed by atoms with Crippen molar-refractivity contribution in [2.45, 2.75) is 6.92 Å². The predicted molar refractivity (Wildman–Crippen MR) is 69.4 cm³/mol. The van der Waals surface area contributed by atoms with Crippen molar-refractivity contribution in [3.8, 4) is 11.5 Å². The monoisotopic (exact) mass is 235 g/mol. The second-order valence-electron chi connectivity index (χ2n) is 3.39. The fourth-order valence-electron chi connectivity index (χ4n) is 1.36. The van der Waals surface area contributed by atoms with Gasteiger partial charge in [0.25, 0.3) is 0 Å². The molecule has 2 aromatic carbocycles. The van der Waals surface area contributed by atoms with Crippen molar-refractivity contribution < 1.29 is 4.74 Å². The number of ether oxygens (including phenoxy) is 1. The smallest absolute Gasteiger partial charge is 0.132 e. The maximum absolute atomic E-state index is 5.79. The molecule has 0 fully saturated rings. The average molecular weight is 236 g/mol. The fraction of sp³-hybridized carbons (Fsp3) is 0.0769. The highest BCUT2D eigenvalue weighted by Crippen LogP contribution is 2.27. The summed E-state index contributed by atoms with van der Waals surface area (Å²) in [6.45, 7) is 1.95. The van der Waals surface area contributed by atoms with E-state index in [1.807, 2.05) is 55.5 Å². The molecule has 0 aliphatic rings. The summed E-state index contributed by atoms with van der Waals surface area (Å²) in [5.41, 5.74) is 7.52. The summed E-state index contributed by atoms with van der Waals surface area (Å²) in [7, 11) is 0. The minimum absolute atomic E-state index is 0. The van der Waals surface area contributed by atoms with Gasteiger partial charge in [-0.1, -0.05) is 24.3 Å². The number of rotatable bonds is 2. The quantitative estimate of drug-likeness (QED) is 0.804. The number of hydrogen-bond acceptors (Lipinski definition) is 2. The van der Waals surface area contributed by atoms with Crippen LogP contribution in [-0.4, -0.2) is 0 Å². The number of para-hydroxylation sites is 1. The van der Waals surface area contributed by atoms with Gasteiger partial charge in [0, 0.05) is 11.3 Å². The zero-order valence-electron chi connectivity index (χ0n) is 9.01. The molecule has 0 saturated heterocycles. The predicted octanol–water partition coefficient (Wildman–Crippen LogP) is 3.79. The lowest BCUT2D eigenvalue weighted by Gasteiger charge is -2.09. The summed E-state index contributed by atoms with van der Waals surface area (Å²) in [5.74, 6) is 1.63. The van der Waals surface area contributed by atoms with Crippen molar-refractivity contribution in [2.75, 3.05) is 5.73 Å². The minimum atomic E-state index is 0. The van der Waals surface area contributed by atoms with E-state index in [2.05, 4.69) is 0 Å². The van der Waals surface area contributed by atoms with E-state index in [0.29, 0.717) is 0 Å². The van der Waals surface area contributed by atoms with Gasteiger partial charge >= 0.3 is 0 Å². The molecular weight excluding hydrogens is 222 g/mol. The Bertz CT molecular complexity index is 457. The zero-order chi connectivity index (χ0) is 10.7. The number of anilines is 1. The van der Waals surface area contributed by atoms with Crippen molar-refractivity contribution in [3.05, 3.63) is 54.1 Å². The van der Waals surface area contributed by atoms with Crippen LogP contribution in [0.2, 0.25) is 0 Å². The zero-order valence-corrected chi connectivity index (χ0v) is 9.83. The lowest BCUT2D eigenvalue weighted by molar-refractivity contribution is 0.479. The number of nitrogens with two attached hydrogens (primary N) is 1. The molecule has 3 heteroatoms. The molecule has 0 aliphatic carbocycles. The molecule has 2 aromatic rings. The summed E-state index contributed by atoms with van der Waals surface area (Å²) in [4.78, 5) is 0. The van der Waals surface area contributed by atoms with Gasteiger partial charge in [-0.05, 0) is 31.2 Å².